The van der Waals surface area contributed by atoms with E-state index in [2.05, 4.69) is 41.8 Å². The van der Waals surface area contributed by atoms with Crippen molar-refractivity contribution in [1.29, 1.82) is 0 Å². The Morgan fingerprint density at radius 3 is 2.64 bits per heavy atom. The van der Waals surface area contributed by atoms with Crippen LogP contribution in [0.2, 0.25) is 0 Å². The molecule has 1 aromatic heterocycles. The molecule has 0 amide bonds. The number of nitrogens with one attached hydrogen (secondary N) is 2. The zero-order valence-electron chi connectivity index (χ0n) is 12.9. The molecular formula is C17H23ClN4. The molecule has 1 aliphatic rings. The Hall–Kier alpha value is -1.65. The molecular weight excluding hydrogens is 296 g/mol. The van der Waals surface area contributed by atoms with Crippen molar-refractivity contribution in [2.24, 2.45) is 0 Å². The normalized spacial score (nSPS) is 13.7. The summed E-state index contributed by atoms with van der Waals surface area (Å²) in [7, 11) is 0. The van der Waals surface area contributed by atoms with E-state index in [0.29, 0.717) is 0 Å². The average Bonchev–Trinajstić information content (AvgIpc) is 2.74. The van der Waals surface area contributed by atoms with Gasteiger partial charge in [-0.1, -0.05) is 30.3 Å². The van der Waals surface area contributed by atoms with E-state index in [-0.39, 0.29) is 12.4 Å². The van der Waals surface area contributed by atoms with Gasteiger partial charge in [0.2, 0.25) is 0 Å². The molecule has 22 heavy (non-hydrogen) atoms. The fraction of sp³-hybridized carbons (Fsp3) is 0.412. The first-order valence-electron chi connectivity index (χ1n) is 7.74. The van der Waals surface area contributed by atoms with Gasteiger partial charge in [0.15, 0.2) is 0 Å². The predicted octanol–water partition coefficient (Wildman–Crippen LogP) is 2.61. The van der Waals surface area contributed by atoms with Crippen LogP contribution in [0.3, 0.4) is 0 Å². The van der Waals surface area contributed by atoms with Crippen LogP contribution in [0.25, 0.3) is 0 Å². The van der Waals surface area contributed by atoms with Gasteiger partial charge in [0.25, 0.3) is 0 Å². The van der Waals surface area contributed by atoms with Crippen LogP contribution in [-0.2, 0) is 19.3 Å². The van der Waals surface area contributed by atoms with Crippen LogP contribution in [0, 0.1) is 0 Å². The summed E-state index contributed by atoms with van der Waals surface area (Å²) in [6.07, 6.45) is 2.78. The number of anilines is 1. The van der Waals surface area contributed by atoms with E-state index in [1.165, 1.54) is 16.8 Å². The molecule has 0 unspecified atom stereocenters. The second-order valence-corrected chi connectivity index (χ2v) is 5.36. The van der Waals surface area contributed by atoms with Gasteiger partial charge in [-0.3, -0.25) is 0 Å². The molecule has 0 fully saturated rings. The highest BCUT2D eigenvalue weighted by atomic mass is 35.5. The monoisotopic (exact) mass is 318 g/mol. The van der Waals surface area contributed by atoms with E-state index in [1.54, 1.807) is 0 Å². The molecule has 2 N–H and O–H groups in total. The minimum absolute atomic E-state index is 0. The molecule has 0 spiro atoms. The fourth-order valence-corrected chi connectivity index (χ4v) is 2.77. The summed E-state index contributed by atoms with van der Waals surface area (Å²) in [6, 6.07) is 10.4. The lowest BCUT2D eigenvalue weighted by atomic mass is 10.1. The lowest BCUT2D eigenvalue weighted by Crippen LogP contribution is -2.16. The maximum atomic E-state index is 4.82. The number of aromatic nitrogens is 2. The topological polar surface area (TPSA) is 49.8 Å². The van der Waals surface area contributed by atoms with Crippen molar-refractivity contribution in [2.45, 2.75) is 26.2 Å². The zero-order chi connectivity index (χ0) is 14.5. The zero-order valence-corrected chi connectivity index (χ0v) is 13.7. The molecule has 0 bridgehead atoms. The van der Waals surface area contributed by atoms with Crippen molar-refractivity contribution in [3.63, 3.8) is 0 Å². The third-order valence-corrected chi connectivity index (χ3v) is 3.78. The van der Waals surface area contributed by atoms with Gasteiger partial charge in [-0.15, -0.1) is 12.4 Å². The lowest BCUT2D eigenvalue weighted by Gasteiger charge is -2.14. The quantitative estimate of drug-likeness (QED) is 0.910. The van der Waals surface area contributed by atoms with Crippen LogP contribution in [0.1, 0.15) is 29.6 Å². The summed E-state index contributed by atoms with van der Waals surface area (Å²) in [5.41, 5.74) is 3.75. The van der Waals surface area contributed by atoms with E-state index in [9.17, 15) is 0 Å². The maximum Gasteiger partial charge on any atom is 0.135 e. The van der Waals surface area contributed by atoms with Gasteiger partial charge in [0.05, 0.1) is 5.69 Å². The first-order valence-corrected chi connectivity index (χ1v) is 7.74. The minimum atomic E-state index is 0. The van der Waals surface area contributed by atoms with E-state index in [1.807, 2.05) is 6.07 Å². The van der Waals surface area contributed by atoms with Gasteiger partial charge >= 0.3 is 0 Å². The highest BCUT2D eigenvalue weighted by molar-refractivity contribution is 5.85. The van der Waals surface area contributed by atoms with E-state index < -0.39 is 0 Å². The molecule has 1 aliphatic heterocycles. The van der Waals surface area contributed by atoms with Crippen LogP contribution in [0.15, 0.2) is 30.3 Å². The van der Waals surface area contributed by atoms with Crippen molar-refractivity contribution in [3.8, 4) is 0 Å². The number of rotatable bonds is 4. The third-order valence-electron chi connectivity index (χ3n) is 3.78. The highest BCUT2D eigenvalue weighted by Gasteiger charge is 2.16. The number of nitrogens with zero attached hydrogens (tertiary/aromatic N) is 2. The van der Waals surface area contributed by atoms with Gasteiger partial charge < -0.3 is 10.6 Å². The van der Waals surface area contributed by atoms with Crippen molar-refractivity contribution in [1.82, 2.24) is 15.3 Å². The summed E-state index contributed by atoms with van der Waals surface area (Å²) < 4.78 is 0. The standard InChI is InChI=1S/C17H22N4.ClH/c1-2-19-17-14-8-10-18-11-9-15(14)20-16(21-17)12-13-6-4-3-5-7-13;/h3-7,18H,2,8-12H2,1H3,(H,19,20,21);1H. The van der Waals surface area contributed by atoms with Crippen LogP contribution < -0.4 is 10.6 Å². The summed E-state index contributed by atoms with van der Waals surface area (Å²) in [5, 5.41) is 6.85. The summed E-state index contributed by atoms with van der Waals surface area (Å²) >= 11 is 0. The van der Waals surface area contributed by atoms with Crippen LogP contribution >= 0.6 is 12.4 Å². The SMILES string of the molecule is CCNc1nc(Cc2ccccc2)nc2c1CCNCC2.Cl. The van der Waals surface area contributed by atoms with Gasteiger partial charge in [-0.2, -0.15) is 0 Å². The van der Waals surface area contributed by atoms with Gasteiger partial charge in [-0.05, 0) is 25.5 Å². The largest absolute Gasteiger partial charge is 0.370 e. The average molecular weight is 319 g/mol. The van der Waals surface area contributed by atoms with Crippen molar-refractivity contribution in [3.05, 3.63) is 53.0 Å². The minimum Gasteiger partial charge on any atom is -0.370 e. The summed E-state index contributed by atoms with van der Waals surface area (Å²) in [5.74, 6) is 1.94. The predicted molar refractivity (Wildman–Crippen MR) is 93.0 cm³/mol. The van der Waals surface area contributed by atoms with Gasteiger partial charge in [0.1, 0.15) is 11.6 Å². The molecule has 2 heterocycles. The molecule has 0 aliphatic carbocycles. The Bertz CT molecular complexity index is 601. The van der Waals surface area contributed by atoms with Gasteiger partial charge in [0, 0.05) is 31.5 Å². The molecule has 4 nitrogen and oxygen atoms in total. The first-order chi connectivity index (χ1) is 10.4. The number of hydrogen-bond acceptors (Lipinski definition) is 4. The Morgan fingerprint density at radius 2 is 1.86 bits per heavy atom. The van der Waals surface area contributed by atoms with Crippen molar-refractivity contribution >= 4 is 18.2 Å². The molecule has 0 saturated heterocycles. The Labute approximate surface area is 138 Å². The Morgan fingerprint density at radius 1 is 1.09 bits per heavy atom. The Balaban J connectivity index is 0.00000176. The molecule has 5 heteroatoms. The number of halogens is 1. The van der Waals surface area contributed by atoms with E-state index in [0.717, 1.165) is 50.5 Å². The third kappa shape index (κ3) is 3.96. The maximum absolute atomic E-state index is 4.82. The molecule has 3 rings (SSSR count). The molecule has 2 aromatic rings. The number of benzene rings is 1. The van der Waals surface area contributed by atoms with Crippen LogP contribution in [0.5, 0.6) is 0 Å². The number of hydrogen-bond donors (Lipinski definition) is 2. The smallest absolute Gasteiger partial charge is 0.135 e. The molecule has 0 saturated carbocycles. The molecule has 1 aromatic carbocycles. The van der Waals surface area contributed by atoms with Crippen LogP contribution in [0.4, 0.5) is 5.82 Å². The molecule has 0 radical (unpaired) electrons. The number of fused-ring (bicyclic) bond motifs is 1. The fourth-order valence-electron chi connectivity index (χ4n) is 2.77. The van der Waals surface area contributed by atoms with E-state index in [4.69, 9.17) is 9.97 Å². The summed E-state index contributed by atoms with van der Waals surface area (Å²) in [6.45, 7) is 5.01. The summed E-state index contributed by atoms with van der Waals surface area (Å²) in [4.78, 5) is 9.58. The van der Waals surface area contributed by atoms with Crippen molar-refractivity contribution in [2.75, 3.05) is 25.0 Å². The first kappa shape index (κ1) is 16.7. The van der Waals surface area contributed by atoms with Crippen LogP contribution in [-0.4, -0.2) is 29.6 Å². The second kappa shape index (κ2) is 8.11. The second-order valence-electron chi connectivity index (χ2n) is 5.36. The molecule has 0 atom stereocenters. The lowest BCUT2D eigenvalue weighted by molar-refractivity contribution is 0.708. The molecule has 118 valence electrons. The highest BCUT2D eigenvalue weighted by Crippen LogP contribution is 2.20. The van der Waals surface area contributed by atoms with E-state index >= 15 is 0 Å². The van der Waals surface area contributed by atoms with Gasteiger partial charge in [-0.25, -0.2) is 9.97 Å². The Kier molecular flexibility index (Phi) is 6.16. The van der Waals surface area contributed by atoms with Crippen molar-refractivity contribution < 1.29 is 0 Å².